The van der Waals surface area contributed by atoms with Gasteiger partial charge in [-0.25, -0.2) is 0 Å². The van der Waals surface area contributed by atoms with Crippen molar-refractivity contribution in [2.75, 3.05) is 13.7 Å². The van der Waals surface area contributed by atoms with Gasteiger partial charge >= 0.3 is 0 Å². The van der Waals surface area contributed by atoms with Crippen LogP contribution >= 0.6 is 0 Å². The third-order valence-electron chi connectivity index (χ3n) is 3.93. The predicted octanol–water partition coefficient (Wildman–Crippen LogP) is 3.04. The average Bonchev–Trinajstić information content (AvgIpc) is 2.73. The van der Waals surface area contributed by atoms with Gasteiger partial charge in [-0.05, 0) is 30.5 Å². The van der Waals surface area contributed by atoms with Crippen LogP contribution in [0, 0.1) is 0 Å². The van der Waals surface area contributed by atoms with E-state index in [2.05, 4.69) is 5.32 Å². The number of aliphatic hydroxyl groups is 1. The van der Waals surface area contributed by atoms with Crippen LogP contribution in [0.2, 0.25) is 0 Å². The molecule has 1 unspecified atom stereocenters. The second kappa shape index (κ2) is 7.51. The Morgan fingerprint density at radius 1 is 1.26 bits per heavy atom. The summed E-state index contributed by atoms with van der Waals surface area (Å²) in [6.07, 6.45) is 7.36. The molecule has 2 N–H and O–H groups in total. The maximum absolute atomic E-state index is 10.2. The molecule has 0 aromatic heterocycles. The number of methoxy groups -OCH3 is 1. The van der Waals surface area contributed by atoms with Gasteiger partial charge in [0.2, 0.25) is 0 Å². The first-order chi connectivity index (χ1) is 9.29. The summed E-state index contributed by atoms with van der Waals surface area (Å²) in [6, 6.07) is 8.24. The predicted molar refractivity (Wildman–Crippen MR) is 77.4 cm³/mol. The topological polar surface area (TPSA) is 41.5 Å². The third kappa shape index (κ3) is 4.51. The molecule has 1 aliphatic carbocycles. The van der Waals surface area contributed by atoms with Gasteiger partial charge in [-0.15, -0.1) is 0 Å². The third-order valence-corrected chi connectivity index (χ3v) is 3.93. The molecule has 1 aliphatic rings. The van der Waals surface area contributed by atoms with E-state index in [0.717, 1.165) is 11.3 Å². The number of ether oxygens (including phenoxy) is 1. The molecule has 1 atom stereocenters. The Morgan fingerprint density at radius 2 is 2.00 bits per heavy atom. The van der Waals surface area contributed by atoms with Crippen LogP contribution in [0.25, 0.3) is 0 Å². The minimum absolute atomic E-state index is 0.460. The lowest BCUT2D eigenvalue weighted by atomic mass is 10.1. The van der Waals surface area contributed by atoms with Crippen molar-refractivity contribution < 1.29 is 9.84 Å². The van der Waals surface area contributed by atoms with Gasteiger partial charge in [0.05, 0.1) is 13.2 Å². The molecule has 0 saturated heterocycles. The summed E-state index contributed by atoms with van der Waals surface area (Å²) < 4.78 is 5.18. The smallest absolute Gasteiger partial charge is 0.119 e. The molecule has 0 heterocycles. The zero-order chi connectivity index (χ0) is 13.5. The number of nitrogens with one attached hydrogen (secondary N) is 1. The molecule has 1 fully saturated rings. The van der Waals surface area contributed by atoms with E-state index >= 15 is 0 Å². The highest BCUT2D eigenvalue weighted by atomic mass is 16.5. The first-order valence-corrected chi connectivity index (χ1v) is 7.35. The first kappa shape index (κ1) is 14.4. The van der Waals surface area contributed by atoms with E-state index in [1.807, 2.05) is 24.3 Å². The van der Waals surface area contributed by atoms with Crippen molar-refractivity contribution in [3.05, 3.63) is 29.8 Å². The number of aliphatic hydroxyl groups excluding tert-OH is 1. The quantitative estimate of drug-likeness (QED) is 0.802. The molecule has 1 aromatic carbocycles. The normalized spacial score (nSPS) is 18.8. The Bertz CT molecular complexity index is 373. The van der Waals surface area contributed by atoms with E-state index in [-0.39, 0.29) is 0 Å². The van der Waals surface area contributed by atoms with Crippen LogP contribution in [-0.4, -0.2) is 24.8 Å². The number of hydrogen-bond acceptors (Lipinski definition) is 3. The molecule has 19 heavy (non-hydrogen) atoms. The van der Waals surface area contributed by atoms with Crippen molar-refractivity contribution in [1.29, 1.82) is 0 Å². The molecular weight excluding hydrogens is 238 g/mol. The van der Waals surface area contributed by atoms with Gasteiger partial charge < -0.3 is 15.2 Å². The molecule has 0 bridgehead atoms. The highest BCUT2D eigenvalue weighted by Crippen LogP contribution is 2.20. The Morgan fingerprint density at radius 3 is 2.68 bits per heavy atom. The maximum atomic E-state index is 10.2. The number of rotatable bonds is 5. The molecule has 2 rings (SSSR count). The summed E-state index contributed by atoms with van der Waals surface area (Å²) in [5.74, 6) is 0.797. The summed E-state index contributed by atoms with van der Waals surface area (Å²) in [5.41, 5.74) is 0.917. The molecule has 106 valence electrons. The summed E-state index contributed by atoms with van der Waals surface area (Å²) in [4.78, 5) is 0. The highest BCUT2D eigenvalue weighted by molar-refractivity contribution is 5.29. The average molecular weight is 263 g/mol. The van der Waals surface area contributed by atoms with Crippen molar-refractivity contribution in [2.45, 2.75) is 50.7 Å². The van der Waals surface area contributed by atoms with Crippen molar-refractivity contribution in [3.63, 3.8) is 0 Å². The van der Waals surface area contributed by atoms with Crippen LogP contribution in [0.5, 0.6) is 5.75 Å². The fourth-order valence-corrected chi connectivity index (χ4v) is 2.73. The number of benzene rings is 1. The fraction of sp³-hybridized carbons (Fsp3) is 0.625. The molecular formula is C16H25NO2. The van der Waals surface area contributed by atoms with Gasteiger partial charge in [0.15, 0.2) is 0 Å². The van der Waals surface area contributed by atoms with Gasteiger partial charge in [0.1, 0.15) is 5.75 Å². The van der Waals surface area contributed by atoms with E-state index < -0.39 is 6.10 Å². The van der Waals surface area contributed by atoms with Crippen LogP contribution in [-0.2, 0) is 0 Å². The van der Waals surface area contributed by atoms with Crippen molar-refractivity contribution in [1.82, 2.24) is 5.32 Å². The highest BCUT2D eigenvalue weighted by Gasteiger charge is 2.14. The molecule has 1 saturated carbocycles. The van der Waals surface area contributed by atoms with Crippen LogP contribution < -0.4 is 10.1 Å². The Kier molecular flexibility index (Phi) is 5.67. The standard InChI is InChI=1S/C16H25NO2/c1-19-15-10-6-7-13(11-15)16(18)12-17-14-8-4-2-3-5-9-14/h6-7,10-11,14,16-18H,2-5,8-9,12H2,1H3. The SMILES string of the molecule is COc1cccc(C(O)CNC2CCCCCC2)c1. The minimum Gasteiger partial charge on any atom is -0.497 e. The zero-order valence-corrected chi connectivity index (χ0v) is 11.8. The summed E-state index contributed by atoms with van der Waals surface area (Å²) in [7, 11) is 1.65. The lowest BCUT2D eigenvalue weighted by Crippen LogP contribution is -2.32. The lowest BCUT2D eigenvalue weighted by Gasteiger charge is -2.19. The van der Waals surface area contributed by atoms with Crippen molar-refractivity contribution in [2.24, 2.45) is 0 Å². The van der Waals surface area contributed by atoms with Gasteiger partial charge in [0, 0.05) is 12.6 Å². The van der Waals surface area contributed by atoms with E-state index in [4.69, 9.17) is 4.74 Å². The fourth-order valence-electron chi connectivity index (χ4n) is 2.73. The van der Waals surface area contributed by atoms with Crippen LogP contribution in [0.1, 0.15) is 50.2 Å². The second-order valence-electron chi connectivity index (χ2n) is 5.39. The van der Waals surface area contributed by atoms with Crippen LogP contribution in [0.4, 0.5) is 0 Å². The molecule has 3 heteroatoms. The lowest BCUT2D eigenvalue weighted by molar-refractivity contribution is 0.168. The van der Waals surface area contributed by atoms with E-state index in [9.17, 15) is 5.11 Å². The molecule has 0 spiro atoms. The van der Waals surface area contributed by atoms with Crippen molar-refractivity contribution in [3.8, 4) is 5.75 Å². The maximum Gasteiger partial charge on any atom is 0.119 e. The van der Waals surface area contributed by atoms with Crippen LogP contribution in [0.3, 0.4) is 0 Å². The van der Waals surface area contributed by atoms with Gasteiger partial charge in [-0.2, -0.15) is 0 Å². The zero-order valence-electron chi connectivity index (χ0n) is 11.8. The van der Waals surface area contributed by atoms with Crippen molar-refractivity contribution >= 4 is 0 Å². The van der Waals surface area contributed by atoms with E-state index in [1.54, 1.807) is 7.11 Å². The molecule has 1 aromatic rings. The van der Waals surface area contributed by atoms with E-state index in [0.29, 0.717) is 12.6 Å². The Balaban J connectivity index is 1.84. The monoisotopic (exact) mass is 263 g/mol. The largest absolute Gasteiger partial charge is 0.497 e. The summed E-state index contributed by atoms with van der Waals surface area (Å²) >= 11 is 0. The minimum atomic E-state index is -0.460. The molecule has 3 nitrogen and oxygen atoms in total. The van der Waals surface area contributed by atoms with Crippen LogP contribution in [0.15, 0.2) is 24.3 Å². The Hall–Kier alpha value is -1.06. The molecule has 0 radical (unpaired) electrons. The van der Waals surface area contributed by atoms with Gasteiger partial charge in [0.25, 0.3) is 0 Å². The van der Waals surface area contributed by atoms with Gasteiger partial charge in [-0.3, -0.25) is 0 Å². The van der Waals surface area contributed by atoms with E-state index in [1.165, 1.54) is 38.5 Å². The summed E-state index contributed by atoms with van der Waals surface area (Å²) in [6.45, 7) is 0.623. The number of hydrogen-bond donors (Lipinski definition) is 2. The first-order valence-electron chi connectivity index (χ1n) is 7.35. The molecule has 0 aliphatic heterocycles. The molecule has 0 amide bonds. The second-order valence-corrected chi connectivity index (χ2v) is 5.39. The summed E-state index contributed by atoms with van der Waals surface area (Å²) in [5, 5.41) is 13.7. The van der Waals surface area contributed by atoms with Gasteiger partial charge in [-0.1, -0.05) is 37.8 Å². The Labute approximate surface area is 116 Å².